The number of halogens is 1. The second-order valence-electron chi connectivity index (χ2n) is 5.58. The van der Waals surface area contributed by atoms with Crippen molar-refractivity contribution in [2.45, 2.75) is 25.7 Å². The summed E-state index contributed by atoms with van der Waals surface area (Å²) in [5.74, 6) is 0.731. The van der Waals surface area contributed by atoms with Crippen molar-refractivity contribution in [3.63, 3.8) is 0 Å². The molecular formula is C16H25FN2. The van der Waals surface area contributed by atoms with Gasteiger partial charge in [-0.3, -0.25) is 0 Å². The van der Waals surface area contributed by atoms with Gasteiger partial charge in [0.1, 0.15) is 5.82 Å². The van der Waals surface area contributed by atoms with E-state index >= 15 is 0 Å². The first kappa shape index (κ1) is 14.5. The molecule has 0 atom stereocenters. The molecule has 0 aromatic heterocycles. The highest BCUT2D eigenvalue weighted by Crippen LogP contribution is 2.16. The molecule has 1 aromatic rings. The second-order valence-corrected chi connectivity index (χ2v) is 5.58. The highest BCUT2D eigenvalue weighted by atomic mass is 19.1. The molecule has 1 aromatic carbocycles. The number of likely N-dealkylation sites (tertiary alicyclic amines) is 1. The highest BCUT2D eigenvalue weighted by molar-refractivity contribution is 5.16. The Kier molecular flexibility index (Phi) is 5.80. The Morgan fingerprint density at radius 3 is 2.79 bits per heavy atom. The van der Waals surface area contributed by atoms with E-state index in [-0.39, 0.29) is 5.82 Å². The molecule has 0 bridgehead atoms. The van der Waals surface area contributed by atoms with Gasteiger partial charge >= 0.3 is 0 Å². The summed E-state index contributed by atoms with van der Waals surface area (Å²) in [7, 11) is 2.03. The summed E-state index contributed by atoms with van der Waals surface area (Å²) in [6.07, 6.45) is 4.72. The first-order valence-electron chi connectivity index (χ1n) is 7.39. The van der Waals surface area contributed by atoms with Crippen LogP contribution in [-0.4, -0.2) is 38.1 Å². The zero-order chi connectivity index (χ0) is 13.5. The van der Waals surface area contributed by atoms with Crippen LogP contribution >= 0.6 is 0 Å². The Balaban J connectivity index is 1.64. The lowest BCUT2D eigenvalue weighted by molar-refractivity contribution is 0.182. The largest absolute Gasteiger partial charge is 0.319 e. The maximum Gasteiger partial charge on any atom is 0.123 e. The molecule has 106 valence electrons. The number of rotatable bonds is 6. The molecule has 0 radical (unpaired) electrons. The maximum atomic E-state index is 13.0. The normalized spacial score (nSPS) is 17.8. The molecule has 0 aliphatic carbocycles. The third-order valence-corrected chi connectivity index (χ3v) is 4.03. The summed E-state index contributed by atoms with van der Waals surface area (Å²) >= 11 is 0. The van der Waals surface area contributed by atoms with Crippen LogP contribution in [0.5, 0.6) is 0 Å². The zero-order valence-corrected chi connectivity index (χ0v) is 11.9. The first-order chi connectivity index (χ1) is 9.28. The molecule has 0 amide bonds. The molecule has 0 unspecified atom stereocenters. The number of aryl methyl sites for hydroxylation is 1. The van der Waals surface area contributed by atoms with Crippen LogP contribution in [0, 0.1) is 11.7 Å². The average molecular weight is 264 g/mol. The Morgan fingerprint density at radius 2 is 2.11 bits per heavy atom. The summed E-state index contributed by atoms with van der Waals surface area (Å²) in [6, 6.07) is 6.98. The molecule has 1 N–H and O–H groups in total. The lowest BCUT2D eigenvalue weighted by atomic mass is 9.96. The summed E-state index contributed by atoms with van der Waals surface area (Å²) in [6.45, 7) is 4.73. The van der Waals surface area contributed by atoms with E-state index < -0.39 is 0 Å². The van der Waals surface area contributed by atoms with Crippen LogP contribution in [-0.2, 0) is 6.42 Å². The smallest absolute Gasteiger partial charge is 0.123 e. The maximum absolute atomic E-state index is 13.0. The standard InChI is InChI=1S/C16H25FN2/c1-18-13-15-7-10-19(11-8-15)9-3-5-14-4-2-6-16(17)12-14/h2,4,6,12,15,18H,3,5,7-11,13H2,1H3. The van der Waals surface area contributed by atoms with Crippen molar-refractivity contribution < 1.29 is 4.39 Å². The fraction of sp³-hybridized carbons (Fsp3) is 0.625. The molecule has 1 saturated heterocycles. The van der Waals surface area contributed by atoms with Gasteiger partial charge < -0.3 is 10.2 Å². The number of hydrogen-bond donors (Lipinski definition) is 1. The van der Waals surface area contributed by atoms with E-state index in [4.69, 9.17) is 0 Å². The molecule has 1 fully saturated rings. The van der Waals surface area contributed by atoms with E-state index in [1.54, 1.807) is 12.1 Å². The van der Waals surface area contributed by atoms with Crippen LogP contribution in [0.25, 0.3) is 0 Å². The van der Waals surface area contributed by atoms with E-state index in [2.05, 4.69) is 10.2 Å². The molecule has 0 saturated carbocycles. The third kappa shape index (κ3) is 4.92. The van der Waals surface area contributed by atoms with Crippen molar-refractivity contribution >= 4 is 0 Å². The molecular weight excluding hydrogens is 239 g/mol. The van der Waals surface area contributed by atoms with Crippen LogP contribution in [0.3, 0.4) is 0 Å². The van der Waals surface area contributed by atoms with Crippen molar-refractivity contribution in [1.82, 2.24) is 10.2 Å². The lowest BCUT2D eigenvalue weighted by Crippen LogP contribution is -2.37. The SMILES string of the molecule is CNCC1CCN(CCCc2cccc(F)c2)CC1. The molecule has 3 heteroatoms. The summed E-state index contributed by atoms with van der Waals surface area (Å²) in [5.41, 5.74) is 1.12. The molecule has 2 rings (SSSR count). The molecule has 0 spiro atoms. The molecule has 1 heterocycles. The number of benzene rings is 1. The van der Waals surface area contributed by atoms with Gasteiger partial charge in [0.2, 0.25) is 0 Å². The zero-order valence-electron chi connectivity index (χ0n) is 11.9. The van der Waals surface area contributed by atoms with Gasteiger partial charge in [-0.1, -0.05) is 12.1 Å². The minimum absolute atomic E-state index is 0.120. The van der Waals surface area contributed by atoms with Gasteiger partial charge in [-0.05, 0) is 82.5 Å². The fourth-order valence-corrected chi connectivity index (χ4v) is 2.90. The van der Waals surface area contributed by atoms with Crippen molar-refractivity contribution in [3.8, 4) is 0 Å². The number of hydrogen-bond acceptors (Lipinski definition) is 2. The Labute approximate surface area is 116 Å². The predicted molar refractivity (Wildman–Crippen MR) is 77.8 cm³/mol. The molecule has 1 aliphatic rings. The van der Waals surface area contributed by atoms with Gasteiger partial charge in [0, 0.05) is 0 Å². The van der Waals surface area contributed by atoms with Gasteiger partial charge in [-0.15, -0.1) is 0 Å². The van der Waals surface area contributed by atoms with Gasteiger partial charge in [-0.2, -0.15) is 0 Å². The summed E-state index contributed by atoms with van der Waals surface area (Å²) in [4.78, 5) is 2.55. The van der Waals surface area contributed by atoms with Gasteiger partial charge in [0.25, 0.3) is 0 Å². The second kappa shape index (κ2) is 7.61. The van der Waals surface area contributed by atoms with Crippen molar-refractivity contribution in [3.05, 3.63) is 35.6 Å². The summed E-state index contributed by atoms with van der Waals surface area (Å²) < 4.78 is 13.0. The quantitative estimate of drug-likeness (QED) is 0.850. The minimum Gasteiger partial charge on any atom is -0.319 e. The predicted octanol–water partition coefficient (Wildman–Crippen LogP) is 2.69. The minimum atomic E-state index is -0.120. The van der Waals surface area contributed by atoms with Crippen LogP contribution in [0.2, 0.25) is 0 Å². The number of nitrogens with zero attached hydrogens (tertiary/aromatic N) is 1. The molecule has 2 nitrogen and oxygen atoms in total. The van der Waals surface area contributed by atoms with Crippen molar-refractivity contribution in [1.29, 1.82) is 0 Å². The van der Waals surface area contributed by atoms with Crippen LogP contribution in [0.1, 0.15) is 24.8 Å². The monoisotopic (exact) mass is 264 g/mol. The van der Waals surface area contributed by atoms with Gasteiger partial charge in [0.15, 0.2) is 0 Å². The average Bonchev–Trinajstić information content (AvgIpc) is 2.41. The van der Waals surface area contributed by atoms with E-state index in [9.17, 15) is 4.39 Å². The van der Waals surface area contributed by atoms with E-state index in [1.807, 2.05) is 13.1 Å². The topological polar surface area (TPSA) is 15.3 Å². The Morgan fingerprint density at radius 1 is 1.32 bits per heavy atom. The highest BCUT2D eigenvalue weighted by Gasteiger charge is 2.17. The van der Waals surface area contributed by atoms with E-state index in [0.717, 1.165) is 37.4 Å². The number of piperidine rings is 1. The Bertz CT molecular complexity index is 373. The van der Waals surface area contributed by atoms with Gasteiger partial charge in [0.05, 0.1) is 0 Å². The first-order valence-corrected chi connectivity index (χ1v) is 7.39. The third-order valence-electron chi connectivity index (χ3n) is 4.03. The number of nitrogens with one attached hydrogen (secondary N) is 1. The van der Waals surface area contributed by atoms with E-state index in [1.165, 1.54) is 32.0 Å². The van der Waals surface area contributed by atoms with Crippen molar-refractivity contribution in [2.75, 3.05) is 33.2 Å². The lowest BCUT2D eigenvalue weighted by Gasteiger charge is -2.31. The van der Waals surface area contributed by atoms with Crippen LogP contribution in [0.15, 0.2) is 24.3 Å². The van der Waals surface area contributed by atoms with Crippen LogP contribution in [0.4, 0.5) is 4.39 Å². The van der Waals surface area contributed by atoms with Crippen LogP contribution < -0.4 is 5.32 Å². The molecule has 1 aliphatic heterocycles. The Hall–Kier alpha value is -0.930. The fourth-order valence-electron chi connectivity index (χ4n) is 2.90. The van der Waals surface area contributed by atoms with E-state index in [0.29, 0.717) is 0 Å². The molecule has 19 heavy (non-hydrogen) atoms. The summed E-state index contributed by atoms with van der Waals surface area (Å²) in [5, 5.41) is 3.27. The van der Waals surface area contributed by atoms with Crippen molar-refractivity contribution in [2.24, 2.45) is 5.92 Å². The van der Waals surface area contributed by atoms with Gasteiger partial charge in [-0.25, -0.2) is 4.39 Å².